The molecule has 4 aromatic rings. The monoisotopic (exact) mass is 522 g/mol. The number of H-pyrrole nitrogens is 1. The maximum Gasteiger partial charge on any atom is 0.251 e. The van der Waals surface area contributed by atoms with Crippen molar-refractivity contribution in [1.82, 2.24) is 34.7 Å². The minimum absolute atomic E-state index is 0.197. The first-order valence-corrected chi connectivity index (χ1v) is 13.4. The van der Waals surface area contributed by atoms with E-state index in [1.165, 1.54) is 11.8 Å². The van der Waals surface area contributed by atoms with Gasteiger partial charge in [-0.2, -0.15) is 0 Å². The molecule has 1 amide bonds. The number of ether oxygens (including phenoxy) is 1. The highest BCUT2D eigenvalue weighted by Gasteiger charge is 2.25. The average Bonchev–Trinajstić information content (AvgIpc) is 3.49. The predicted molar refractivity (Wildman–Crippen MR) is 142 cm³/mol. The molecule has 0 bridgehead atoms. The van der Waals surface area contributed by atoms with Crippen LogP contribution in [-0.4, -0.2) is 104 Å². The predicted octanol–water partition coefficient (Wildman–Crippen LogP) is 1.80. The third-order valence-corrected chi connectivity index (χ3v) is 7.88. The number of piperazine rings is 1. The van der Waals surface area contributed by atoms with E-state index in [1.54, 1.807) is 22.4 Å². The molecule has 1 atom stereocenters. The Bertz CT molecular complexity index is 1440. The van der Waals surface area contributed by atoms with Crippen LogP contribution in [-0.2, 0) is 16.1 Å². The zero-order valence-corrected chi connectivity index (χ0v) is 21.8. The van der Waals surface area contributed by atoms with Crippen molar-refractivity contribution in [2.45, 2.75) is 26.5 Å². The van der Waals surface area contributed by atoms with Gasteiger partial charge in [-0.3, -0.25) is 9.69 Å². The second kappa shape index (κ2) is 9.93. The van der Waals surface area contributed by atoms with Crippen LogP contribution >= 0.6 is 11.3 Å². The van der Waals surface area contributed by atoms with E-state index in [9.17, 15) is 9.90 Å². The summed E-state index contributed by atoms with van der Waals surface area (Å²) in [4.78, 5) is 42.8. The minimum Gasteiger partial charge on any atom is -0.384 e. The number of nitrogens with one attached hydrogen (secondary N) is 1. The van der Waals surface area contributed by atoms with Crippen molar-refractivity contribution in [1.29, 1.82) is 0 Å². The van der Waals surface area contributed by atoms with Crippen molar-refractivity contribution < 1.29 is 14.6 Å². The van der Waals surface area contributed by atoms with E-state index in [-0.39, 0.29) is 5.91 Å². The summed E-state index contributed by atoms with van der Waals surface area (Å²) >= 11 is 1.69. The normalized spacial score (nSPS) is 18.1. The molecular formula is C25H30N8O3S. The Balaban J connectivity index is 1.30. The van der Waals surface area contributed by atoms with Crippen LogP contribution in [0.15, 0.2) is 18.3 Å². The SMILES string of the molecule is Cc1nc2ncc(-c3nc(N4CCOCC4)c4cc(CN5CCN(C(=O)[C@H](C)O)CC5)sc4n3)cc2[nH]1. The molecule has 2 N–H and O–H groups in total. The summed E-state index contributed by atoms with van der Waals surface area (Å²) in [5.41, 5.74) is 2.40. The number of morpholine rings is 1. The second-order valence-electron chi connectivity index (χ2n) is 9.60. The summed E-state index contributed by atoms with van der Waals surface area (Å²) in [6, 6.07) is 4.22. The van der Waals surface area contributed by atoms with Crippen LogP contribution in [0, 0.1) is 6.92 Å². The molecule has 2 aliphatic heterocycles. The van der Waals surface area contributed by atoms with E-state index < -0.39 is 6.10 Å². The van der Waals surface area contributed by atoms with E-state index in [2.05, 4.69) is 30.8 Å². The molecule has 0 aliphatic carbocycles. The topological polar surface area (TPSA) is 124 Å². The van der Waals surface area contributed by atoms with Crippen molar-refractivity contribution in [3.8, 4) is 11.4 Å². The van der Waals surface area contributed by atoms with Crippen LogP contribution in [0.2, 0.25) is 0 Å². The van der Waals surface area contributed by atoms with E-state index in [4.69, 9.17) is 14.7 Å². The number of aromatic nitrogens is 5. The summed E-state index contributed by atoms with van der Waals surface area (Å²) in [5, 5.41) is 10.7. The third-order valence-electron chi connectivity index (χ3n) is 6.87. The molecular weight excluding hydrogens is 492 g/mol. The van der Waals surface area contributed by atoms with Gasteiger partial charge in [0.15, 0.2) is 11.5 Å². The molecule has 0 radical (unpaired) electrons. The minimum atomic E-state index is -0.950. The summed E-state index contributed by atoms with van der Waals surface area (Å²) in [6.07, 6.45) is 0.837. The molecule has 4 aromatic heterocycles. The highest BCUT2D eigenvalue weighted by Crippen LogP contribution is 2.34. The van der Waals surface area contributed by atoms with Gasteiger partial charge in [-0.1, -0.05) is 0 Å². The number of thiophene rings is 1. The number of aliphatic hydroxyl groups excluding tert-OH is 1. The Morgan fingerprint density at radius 1 is 1.14 bits per heavy atom. The number of aromatic amines is 1. The zero-order valence-electron chi connectivity index (χ0n) is 21.0. The summed E-state index contributed by atoms with van der Waals surface area (Å²) < 4.78 is 5.59. The lowest BCUT2D eigenvalue weighted by atomic mass is 10.2. The number of nitrogens with zero attached hydrogens (tertiary/aromatic N) is 7. The van der Waals surface area contributed by atoms with E-state index in [0.717, 1.165) is 65.7 Å². The molecule has 12 heteroatoms. The number of carbonyl (C=O) groups excluding carboxylic acids is 1. The Kier molecular flexibility index (Phi) is 6.49. The molecule has 6 heterocycles. The van der Waals surface area contributed by atoms with Crippen molar-refractivity contribution in [3.05, 3.63) is 29.0 Å². The number of hydrogen-bond donors (Lipinski definition) is 2. The number of fused-ring (bicyclic) bond motifs is 2. The number of imidazole rings is 1. The van der Waals surface area contributed by atoms with Gasteiger partial charge >= 0.3 is 0 Å². The number of carbonyl (C=O) groups is 1. The molecule has 0 spiro atoms. The summed E-state index contributed by atoms with van der Waals surface area (Å²) in [7, 11) is 0. The van der Waals surface area contributed by atoms with Gasteiger partial charge in [0, 0.05) is 62.5 Å². The van der Waals surface area contributed by atoms with Crippen LogP contribution in [0.1, 0.15) is 17.6 Å². The fourth-order valence-electron chi connectivity index (χ4n) is 4.93. The van der Waals surface area contributed by atoms with Gasteiger partial charge in [-0.25, -0.2) is 19.9 Å². The number of hydrogen-bond acceptors (Lipinski definition) is 10. The number of pyridine rings is 1. The lowest BCUT2D eigenvalue weighted by molar-refractivity contribution is -0.141. The van der Waals surface area contributed by atoms with Crippen LogP contribution in [0.5, 0.6) is 0 Å². The van der Waals surface area contributed by atoms with E-state index in [0.29, 0.717) is 37.8 Å². The smallest absolute Gasteiger partial charge is 0.251 e. The third kappa shape index (κ3) is 4.89. The van der Waals surface area contributed by atoms with Gasteiger partial charge in [-0.15, -0.1) is 11.3 Å². The first kappa shape index (κ1) is 24.2. The molecule has 0 aromatic carbocycles. The van der Waals surface area contributed by atoms with Gasteiger partial charge in [0.2, 0.25) is 0 Å². The number of amides is 1. The Morgan fingerprint density at radius 3 is 2.68 bits per heavy atom. The van der Waals surface area contributed by atoms with Crippen molar-refractivity contribution in [2.75, 3.05) is 57.4 Å². The summed E-state index contributed by atoms with van der Waals surface area (Å²) in [6.45, 7) is 9.94. The van der Waals surface area contributed by atoms with Crippen molar-refractivity contribution in [3.63, 3.8) is 0 Å². The molecule has 2 aliphatic rings. The van der Waals surface area contributed by atoms with E-state index in [1.807, 2.05) is 13.0 Å². The van der Waals surface area contributed by atoms with Crippen molar-refractivity contribution in [2.24, 2.45) is 0 Å². The Hall–Kier alpha value is -3.19. The van der Waals surface area contributed by atoms with Gasteiger partial charge < -0.3 is 24.6 Å². The quantitative estimate of drug-likeness (QED) is 0.404. The number of aliphatic hydroxyl groups is 1. The molecule has 11 nitrogen and oxygen atoms in total. The van der Waals surface area contributed by atoms with Crippen LogP contribution in [0.3, 0.4) is 0 Å². The molecule has 0 saturated carbocycles. The molecule has 0 unspecified atom stereocenters. The van der Waals surface area contributed by atoms with Crippen molar-refractivity contribution >= 4 is 44.4 Å². The van der Waals surface area contributed by atoms with Gasteiger partial charge in [0.25, 0.3) is 5.91 Å². The maximum atomic E-state index is 12.1. The maximum absolute atomic E-state index is 12.1. The van der Waals surface area contributed by atoms with Gasteiger partial charge in [0.05, 0.1) is 24.1 Å². The number of aryl methyl sites for hydroxylation is 1. The lowest BCUT2D eigenvalue weighted by Gasteiger charge is -2.35. The average molecular weight is 523 g/mol. The fourth-order valence-corrected chi connectivity index (χ4v) is 6.00. The first-order chi connectivity index (χ1) is 17.9. The zero-order chi connectivity index (χ0) is 25.5. The largest absolute Gasteiger partial charge is 0.384 e. The summed E-state index contributed by atoms with van der Waals surface area (Å²) in [5.74, 6) is 2.20. The fraction of sp³-hybridized carbons (Fsp3) is 0.480. The second-order valence-corrected chi connectivity index (χ2v) is 10.7. The molecule has 194 valence electrons. The van der Waals surface area contributed by atoms with Gasteiger partial charge in [0.1, 0.15) is 22.6 Å². The van der Waals surface area contributed by atoms with Crippen LogP contribution < -0.4 is 4.90 Å². The van der Waals surface area contributed by atoms with Gasteiger partial charge in [-0.05, 0) is 26.0 Å². The Labute approximate surface area is 218 Å². The highest BCUT2D eigenvalue weighted by molar-refractivity contribution is 7.18. The molecule has 2 fully saturated rings. The van der Waals surface area contributed by atoms with Crippen LogP contribution in [0.25, 0.3) is 32.8 Å². The molecule has 37 heavy (non-hydrogen) atoms. The first-order valence-electron chi connectivity index (χ1n) is 12.6. The van der Waals surface area contributed by atoms with E-state index >= 15 is 0 Å². The Morgan fingerprint density at radius 2 is 1.92 bits per heavy atom. The lowest BCUT2D eigenvalue weighted by Crippen LogP contribution is -2.50. The molecule has 6 rings (SSSR count). The van der Waals surface area contributed by atoms with Crippen LogP contribution in [0.4, 0.5) is 5.82 Å². The standard InChI is InChI=1S/C25H30N8O3S/c1-15(34)25(35)33-5-3-31(4-6-33)14-18-12-19-23(32-7-9-36-10-8-32)29-21(30-24(19)37-18)17-11-20-22(26-13-17)28-16(2)27-20/h11-13,15,34H,3-10,14H2,1-2H3,(H,26,27,28)/t15-/m0/s1. The highest BCUT2D eigenvalue weighted by atomic mass is 32.1. The number of rotatable bonds is 5. The number of anilines is 1. The molecule has 2 saturated heterocycles.